The van der Waals surface area contributed by atoms with Gasteiger partial charge in [0.15, 0.2) is 0 Å². The van der Waals surface area contributed by atoms with E-state index < -0.39 is 0 Å². The molecular weight excluding hydrogens is 255 g/mol. The maximum atomic E-state index is 5.75. The molecule has 0 aliphatic heterocycles. The fourth-order valence-electron chi connectivity index (χ4n) is 0. The molecule has 0 aliphatic rings. The second kappa shape index (κ2) is 442. The van der Waals surface area contributed by atoms with Crippen LogP contribution >= 0.6 is 0 Å². The molecule has 0 unspecified atom stereocenters. The molecule has 0 heterocycles. The topological polar surface area (TPSA) is 0 Å². The van der Waals surface area contributed by atoms with Crippen molar-refractivity contribution in [2.45, 2.75) is 59.4 Å². The number of hydrogen-bond donors (Lipinski definition) is 0. The van der Waals surface area contributed by atoms with Crippen LogP contribution in [0.3, 0.4) is 0 Å². The summed E-state index contributed by atoms with van der Waals surface area (Å²) in [6.07, 6.45) is 0. The summed E-state index contributed by atoms with van der Waals surface area (Å²) in [6, 6.07) is 0. The standard InChI is InChI=1S/8CH4.Co.Cr.Ti/h8*1H4;;;/i1T;;;;;;;;;;. The monoisotopic (exact) mass is 289 g/mol. The van der Waals surface area contributed by atoms with Crippen molar-refractivity contribution in [2.75, 3.05) is 0 Å². The zero-order valence-electron chi connectivity index (χ0n) is 3.24. The summed E-state index contributed by atoms with van der Waals surface area (Å²) in [7, 11) is 1.25. The normalized spacial score (nSPS) is 0.636. The Kier molecular flexibility index (Phi) is 9340. The minimum atomic E-state index is 0. The molecule has 0 aromatic rings. The van der Waals surface area contributed by atoms with E-state index in [1.165, 1.54) is 7.40 Å². The molecule has 0 nitrogen and oxygen atoms in total. The first-order valence-electron chi connectivity index (χ1n) is 1.00. The summed E-state index contributed by atoms with van der Waals surface area (Å²) in [6.45, 7) is 0. The first kappa shape index (κ1) is 232. The molecule has 3 heteroatoms. The SMILES string of the molecule is C.C.C.C.C.C.C.[3H]C.[Co].[Cr].[Ti]. The summed E-state index contributed by atoms with van der Waals surface area (Å²) in [5.41, 5.74) is 0. The van der Waals surface area contributed by atoms with Crippen LogP contribution in [0.5, 0.6) is 0 Å². The fraction of sp³-hybridized carbons (Fsp3) is 1.00. The molecular formula is C8H32CoCrTi. The zero-order chi connectivity index (χ0) is 2.00. The average Bonchev–Trinajstić information content (AvgIpc) is 1.00. The van der Waals surface area contributed by atoms with Crippen LogP contribution in [-0.2, 0) is 55.9 Å². The van der Waals surface area contributed by atoms with Crippen LogP contribution in [0, 0.1) is 0 Å². The van der Waals surface area contributed by atoms with Crippen LogP contribution in [-0.4, -0.2) is 0 Å². The van der Waals surface area contributed by atoms with Crippen LogP contribution in [0.15, 0.2) is 0 Å². The Hall–Kier alpha value is 1.75. The molecule has 0 amide bonds. The average molecular weight is 289 g/mol. The Bertz CT molecular complexity index is 19.0. The van der Waals surface area contributed by atoms with E-state index in [1.807, 2.05) is 0 Å². The maximum Gasteiger partial charge on any atom is 0.0194 e. The molecule has 0 N–H and O–H groups in total. The van der Waals surface area contributed by atoms with Crippen molar-refractivity contribution in [1.29, 1.82) is 0 Å². The molecule has 1 radical (unpaired) electrons. The molecule has 0 saturated carbocycles. The Morgan fingerprint density at radius 1 is 0.545 bits per heavy atom. The van der Waals surface area contributed by atoms with Crippen molar-refractivity contribution in [3.8, 4) is 0 Å². The van der Waals surface area contributed by atoms with Gasteiger partial charge in [-0.2, -0.15) is 0 Å². The third-order valence-corrected chi connectivity index (χ3v) is 0. The van der Waals surface area contributed by atoms with E-state index in [0.29, 0.717) is 0 Å². The van der Waals surface area contributed by atoms with Crippen molar-refractivity contribution in [2.24, 2.45) is 0 Å². The van der Waals surface area contributed by atoms with Crippen LogP contribution in [0.25, 0.3) is 0 Å². The third-order valence-electron chi connectivity index (χ3n) is 0. The van der Waals surface area contributed by atoms with Crippen molar-refractivity contribution < 1.29 is 57.2 Å². The number of rotatable bonds is 0. The van der Waals surface area contributed by atoms with E-state index in [4.69, 9.17) is 1.37 Å². The first-order valence-corrected chi connectivity index (χ1v) is 0. The first-order chi connectivity index (χ1) is 1.00. The van der Waals surface area contributed by atoms with Crippen LogP contribution in [0.4, 0.5) is 0 Å². The van der Waals surface area contributed by atoms with Crippen molar-refractivity contribution in [1.82, 2.24) is 0 Å². The molecule has 0 aromatic heterocycles. The molecule has 83 valence electrons. The summed E-state index contributed by atoms with van der Waals surface area (Å²) in [4.78, 5) is 0. The van der Waals surface area contributed by atoms with E-state index >= 15 is 0 Å². The molecule has 0 atom stereocenters. The summed E-state index contributed by atoms with van der Waals surface area (Å²) in [5, 5.41) is 0. The van der Waals surface area contributed by atoms with E-state index in [9.17, 15) is 0 Å². The van der Waals surface area contributed by atoms with Gasteiger partial charge >= 0.3 is 0 Å². The van der Waals surface area contributed by atoms with Crippen LogP contribution in [0.1, 0.15) is 60.8 Å². The van der Waals surface area contributed by atoms with Gasteiger partial charge in [0, 0.05) is 57.2 Å². The van der Waals surface area contributed by atoms with Crippen molar-refractivity contribution in [3.05, 3.63) is 0 Å². The summed E-state index contributed by atoms with van der Waals surface area (Å²) in [5.74, 6) is 0. The summed E-state index contributed by atoms with van der Waals surface area (Å²) >= 11 is 0. The zero-order valence-corrected chi connectivity index (χ0v) is 6.12. The molecule has 0 fully saturated rings. The minimum Gasteiger partial charge on any atom is -0.0776 e. The molecule has 0 aromatic carbocycles. The van der Waals surface area contributed by atoms with E-state index in [2.05, 4.69) is 0 Å². The van der Waals surface area contributed by atoms with Gasteiger partial charge in [0.2, 0.25) is 0 Å². The van der Waals surface area contributed by atoms with Gasteiger partial charge in [-0.3, -0.25) is 0 Å². The van der Waals surface area contributed by atoms with E-state index in [1.54, 1.807) is 0 Å². The predicted molar refractivity (Wildman–Crippen MR) is 53.8 cm³/mol. The molecule has 0 aliphatic carbocycles. The van der Waals surface area contributed by atoms with Crippen molar-refractivity contribution >= 4 is 0 Å². The minimum absolute atomic E-state index is 0. The second-order valence-corrected chi connectivity index (χ2v) is 0. The Morgan fingerprint density at radius 3 is 0.545 bits per heavy atom. The quantitative estimate of drug-likeness (QED) is 0.545. The molecule has 0 bridgehead atoms. The van der Waals surface area contributed by atoms with E-state index in [-0.39, 0.29) is 108 Å². The molecule has 0 rings (SSSR count). The Balaban J connectivity index is -0.000000000111. The van der Waals surface area contributed by atoms with Crippen LogP contribution < -0.4 is 0 Å². The largest absolute Gasteiger partial charge is 0.0776 e. The van der Waals surface area contributed by atoms with Crippen molar-refractivity contribution in [3.63, 3.8) is 0 Å². The van der Waals surface area contributed by atoms with Gasteiger partial charge in [0.25, 0.3) is 0 Å². The van der Waals surface area contributed by atoms with Gasteiger partial charge in [-0.15, -0.1) is 0 Å². The van der Waals surface area contributed by atoms with Gasteiger partial charge in [-0.1, -0.05) is 59.4 Å². The maximum absolute atomic E-state index is 5.75. The smallest absolute Gasteiger partial charge is 0.0194 e. The Labute approximate surface area is 116 Å². The van der Waals surface area contributed by atoms with Crippen LogP contribution in [0.2, 0.25) is 0 Å². The van der Waals surface area contributed by atoms with E-state index in [0.717, 1.165) is 0 Å². The van der Waals surface area contributed by atoms with Gasteiger partial charge in [0.1, 0.15) is 0 Å². The van der Waals surface area contributed by atoms with Gasteiger partial charge in [-0.05, 0) is 0 Å². The molecule has 0 saturated heterocycles. The van der Waals surface area contributed by atoms with Gasteiger partial charge < -0.3 is 0 Å². The Morgan fingerprint density at radius 2 is 0.545 bits per heavy atom. The van der Waals surface area contributed by atoms with Gasteiger partial charge in [-0.25, -0.2) is 0 Å². The molecule has 0 spiro atoms. The summed E-state index contributed by atoms with van der Waals surface area (Å²) < 4.78 is 5.75. The predicted octanol–water partition coefficient (Wildman–Crippen LogP) is 5.08. The second-order valence-electron chi connectivity index (χ2n) is 0. The fourth-order valence-corrected chi connectivity index (χ4v) is 0. The third kappa shape index (κ3) is 364. The van der Waals surface area contributed by atoms with Gasteiger partial charge in [0.05, 0.1) is 0 Å². The number of hydrogen-bond acceptors (Lipinski definition) is 0. The molecule has 11 heavy (non-hydrogen) atoms.